The molecule has 7 heteroatoms. The van der Waals surface area contributed by atoms with E-state index in [1.807, 2.05) is 12.1 Å². The Bertz CT molecular complexity index is 933. The fourth-order valence-corrected chi connectivity index (χ4v) is 2.57. The largest absolute Gasteiger partial charge is 0.340 e. The number of anilines is 2. The zero-order chi connectivity index (χ0) is 19.2. The third-order valence-corrected chi connectivity index (χ3v) is 3.99. The summed E-state index contributed by atoms with van der Waals surface area (Å²) in [7, 11) is 1.74. The number of pyridine rings is 1. The smallest absolute Gasteiger partial charge is 0.272 e. The van der Waals surface area contributed by atoms with Gasteiger partial charge in [-0.25, -0.2) is 14.4 Å². The number of amides is 1. The highest BCUT2D eigenvalue weighted by atomic mass is 19.1. The Kier molecular flexibility index (Phi) is 5.71. The average Bonchev–Trinajstić information content (AvgIpc) is 2.66. The minimum Gasteiger partial charge on any atom is -0.340 e. The summed E-state index contributed by atoms with van der Waals surface area (Å²) in [6, 6.07) is 11.5. The third-order valence-electron chi connectivity index (χ3n) is 3.99. The van der Waals surface area contributed by atoms with Crippen molar-refractivity contribution in [2.45, 2.75) is 13.3 Å². The first-order valence-electron chi connectivity index (χ1n) is 8.54. The molecule has 6 nitrogen and oxygen atoms in total. The van der Waals surface area contributed by atoms with E-state index in [1.54, 1.807) is 49.5 Å². The minimum atomic E-state index is -0.361. The third kappa shape index (κ3) is 5.07. The van der Waals surface area contributed by atoms with Crippen molar-refractivity contribution in [3.63, 3.8) is 0 Å². The van der Waals surface area contributed by atoms with Crippen LogP contribution in [0.2, 0.25) is 0 Å². The van der Waals surface area contributed by atoms with Crippen LogP contribution in [0.4, 0.5) is 16.0 Å². The van der Waals surface area contributed by atoms with Gasteiger partial charge in [0.2, 0.25) is 5.95 Å². The van der Waals surface area contributed by atoms with E-state index in [0.717, 1.165) is 12.0 Å². The molecule has 1 aromatic carbocycles. The number of aromatic nitrogens is 3. The van der Waals surface area contributed by atoms with Crippen LogP contribution >= 0.6 is 0 Å². The summed E-state index contributed by atoms with van der Waals surface area (Å²) in [5.74, 6) is -0.303. The number of aryl methyl sites for hydroxylation is 1. The van der Waals surface area contributed by atoms with E-state index in [2.05, 4.69) is 20.3 Å². The van der Waals surface area contributed by atoms with Gasteiger partial charge in [-0.15, -0.1) is 0 Å². The fourth-order valence-electron chi connectivity index (χ4n) is 2.57. The standard InChI is InChI=1S/C20H20FN5O/c1-14-12-18(19(27)26(2)11-8-15-6-9-22-10-7-15)25-20(23-14)24-17-5-3-4-16(21)13-17/h3-7,9-10,12-13H,8,11H2,1-2H3,(H,23,24,25). The SMILES string of the molecule is Cc1cc(C(=O)N(C)CCc2ccncc2)nc(Nc2cccc(F)c2)n1. The van der Waals surface area contributed by atoms with Crippen molar-refractivity contribution in [1.29, 1.82) is 0 Å². The van der Waals surface area contributed by atoms with Gasteiger partial charge in [-0.2, -0.15) is 0 Å². The van der Waals surface area contributed by atoms with Gasteiger partial charge in [-0.3, -0.25) is 9.78 Å². The number of benzene rings is 1. The van der Waals surface area contributed by atoms with Gasteiger partial charge in [0.15, 0.2) is 0 Å². The van der Waals surface area contributed by atoms with Gasteiger partial charge in [-0.1, -0.05) is 6.07 Å². The van der Waals surface area contributed by atoms with Crippen molar-refractivity contribution in [1.82, 2.24) is 19.9 Å². The zero-order valence-electron chi connectivity index (χ0n) is 15.2. The summed E-state index contributed by atoms with van der Waals surface area (Å²) < 4.78 is 13.3. The first kappa shape index (κ1) is 18.4. The molecule has 27 heavy (non-hydrogen) atoms. The van der Waals surface area contributed by atoms with Gasteiger partial charge < -0.3 is 10.2 Å². The molecule has 0 atom stereocenters. The molecule has 0 bridgehead atoms. The number of likely N-dealkylation sites (N-methyl/N-ethyl adjacent to an activating group) is 1. The van der Waals surface area contributed by atoms with Crippen molar-refractivity contribution in [2.24, 2.45) is 0 Å². The lowest BCUT2D eigenvalue weighted by molar-refractivity contribution is 0.0790. The predicted molar refractivity (Wildman–Crippen MR) is 101 cm³/mol. The summed E-state index contributed by atoms with van der Waals surface area (Å²) >= 11 is 0. The Morgan fingerprint density at radius 1 is 1.15 bits per heavy atom. The fraction of sp³-hybridized carbons (Fsp3) is 0.200. The van der Waals surface area contributed by atoms with Crippen molar-refractivity contribution in [3.8, 4) is 0 Å². The first-order chi connectivity index (χ1) is 13.0. The van der Waals surface area contributed by atoms with E-state index in [1.165, 1.54) is 12.1 Å². The maximum Gasteiger partial charge on any atom is 0.272 e. The molecule has 0 spiro atoms. The molecule has 0 aliphatic carbocycles. The van der Waals surface area contributed by atoms with Crippen LogP contribution in [0.5, 0.6) is 0 Å². The molecule has 138 valence electrons. The molecule has 1 N–H and O–H groups in total. The van der Waals surface area contributed by atoms with Crippen LogP contribution in [0.1, 0.15) is 21.7 Å². The normalized spacial score (nSPS) is 10.5. The average molecular weight is 365 g/mol. The second-order valence-corrected chi connectivity index (χ2v) is 6.19. The van der Waals surface area contributed by atoms with E-state index in [-0.39, 0.29) is 17.7 Å². The lowest BCUT2D eigenvalue weighted by atomic mass is 10.2. The van der Waals surface area contributed by atoms with Crippen LogP contribution in [0.25, 0.3) is 0 Å². The van der Waals surface area contributed by atoms with Crippen LogP contribution in [0, 0.1) is 12.7 Å². The second-order valence-electron chi connectivity index (χ2n) is 6.19. The van der Waals surface area contributed by atoms with Gasteiger partial charge >= 0.3 is 0 Å². The molecular weight excluding hydrogens is 345 g/mol. The van der Waals surface area contributed by atoms with Crippen LogP contribution < -0.4 is 5.32 Å². The van der Waals surface area contributed by atoms with Crippen LogP contribution in [-0.4, -0.2) is 39.4 Å². The maximum atomic E-state index is 13.3. The van der Waals surface area contributed by atoms with Crippen molar-refractivity contribution in [2.75, 3.05) is 18.9 Å². The van der Waals surface area contributed by atoms with Crippen LogP contribution in [-0.2, 0) is 6.42 Å². The predicted octanol–water partition coefficient (Wildman–Crippen LogP) is 3.38. The molecule has 1 amide bonds. The Hall–Kier alpha value is -3.35. The lowest BCUT2D eigenvalue weighted by Gasteiger charge is -2.17. The van der Waals surface area contributed by atoms with E-state index < -0.39 is 0 Å². The molecule has 3 rings (SSSR count). The Morgan fingerprint density at radius 3 is 2.67 bits per heavy atom. The first-order valence-corrected chi connectivity index (χ1v) is 8.54. The molecule has 2 aromatic heterocycles. The highest BCUT2D eigenvalue weighted by Gasteiger charge is 2.15. The Morgan fingerprint density at radius 2 is 1.93 bits per heavy atom. The minimum absolute atomic E-state index is 0.197. The summed E-state index contributed by atoms with van der Waals surface area (Å²) in [5.41, 5.74) is 2.57. The van der Waals surface area contributed by atoms with Crippen molar-refractivity contribution < 1.29 is 9.18 Å². The molecular formula is C20H20FN5O. The van der Waals surface area contributed by atoms with Crippen LogP contribution in [0.15, 0.2) is 54.9 Å². The molecule has 0 aliphatic rings. The highest BCUT2D eigenvalue weighted by molar-refractivity contribution is 5.92. The number of carbonyl (C=O) groups excluding carboxylic acids is 1. The maximum absolute atomic E-state index is 13.3. The van der Waals surface area contributed by atoms with Crippen LogP contribution in [0.3, 0.4) is 0 Å². The number of rotatable bonds is 6. The van der Waals surface area contributed by atoms with Gasteiger partial charge in [0.1, 0.15) is 11.5 Å². The molecule has 0 unspecified atom stereocenters. The highest BCUT2D eigenvalue weighted by Crippen LogP contribution is 2.15. The topological polar surface area (TPSA) is 71.0 Å². The molecule has 0 radical (unpaired) electrons. The summed E-state index contributed by atoms with van der Waals surface area (Å²) in [6.45, 7) is 2.34. The van der Waals surface area contributed by atoms with Gasteiger partial charge in [0.25, 0.3) is 5.91 Å². The summed E-state index contributed by atoms with van der Waals surface area (Å²) in [6.07, 6.45) is 4.19. The molecule has 2 heterocycles. The number of nitrogens with one attached hydrogen (secondary N) is 1. The second kappa shape index (κ2) is 8.35. The molecule has 0 fully saturated rings. The number of carbonyl (C=O) groups is 1. The van der Waals surface area contributed by atoms with Crippen molar-refractivity contribution >= 4 is 17.5 Å². The Balaban J connectivity index is 1.71. The quantitative estimate of drug-likeness (QED) is 0.725. The molecule has 0 saturated carbocycles. The van der Waals surface area contributed by atoms with Gasteiger partial charge in [0, 0.05) is 37.4 Å². The van der Waals surface area contributed by atoms with E-state index >= 15 is 0 Å². The van der Waals surface area contributed by atoms with E-state index in [4.69, 9.17) is 0 Å². The van der Waals surface area contributed by atoms with E-state index in [0.29, 0.717) is 23.6 Å². The van der Waals surface area contributed by atoms with Gasteiger partial charge in [0.05, 0.1) is 0 Å². The molecule has 0 saturated heterocycles. The number of halogens is 1. The number of nitrogens with zero attached hydrogens (tertiary/aromatic N) is 4. The van der Waals surface area contributed by atoms with Gasteiger partial charge in [-0.05, 0) is 55.3 Å². The van der Waals surface area contributed by atoms with Crippen molar-refractivity contribution in [3.05, 3.63) is 77.6 Å². The zero-order valence-corrected chi connectivity index (χ0v) is 15.2. The summed E-state index contributed by atoms with van der Waals surface area (Å²) in [5, 5.41) is 2.94. The number of hydrogen-bond acceptors (Lipinski definition) is 5. The number of hydrogen-bond donors (Lipinski definition) is 1. The summed E-state index contributed by atoms with van der Waals surface area (Å²) in [4.78, 5) is 26.9. The molecule has 0 aliphatic heterocycles. The lowest BCUT2D eigenvalue weighted by Crippen LogP contribution is -2.30. The molecule has 3 aromatic rings. The monoisotopic (exact) mass is 365 g/mol. The Labute approximate surface area is 157 Å². The van der Waals surface area contributed by atoms with E-state index in [9.17, 15) is 9.18 Å².